The van der Waals surface area contributed by atoms with Crippen LogP contribution in [0.5, 0.6) is 0 Å². The second kappa shape index (κ2) is 4.29. The van der Waals surface area contributed by atoms with Gasteiger partial charge < -0.3 is 5.73 Å². The highest BCUT2D eigenvalue weighted by Crippen LogP contribution is 2.15. The molecule has 0 fully saturated rings. The van der Waals surface area contributed by atoms with Crippen LogP contribution >= 0.6 is 0 Å². The van der Waals surface area contributed by atoms with E-state index in [1.807, 2.05) is 0 Å². The SMILES string of the molecule is Nc1cccnc1C(=O)c1ccc(F)c(F)c1. The van der Waals surface area contributed by atoms with Gasteiger partial charge in [0.1, 0.15) is 5.69 Å². The number of benzene rings is 1. The lowest BCUT2D eigenvalue weighted by Gasteiger charge is -2.03. The predicted molar refractivity (Wildman–Crippen MR) is 58.4 cm³/mol. The highest BCUT2D eigenvalue weighted by atomic mass is 19.2. The minimum absolute atomic E-state index is 0.00861. The number of hydrogen-bond donors (Lipinski definition) is 1. The van der Waals surface area contributed by atoms with Crippen LogP contribution in [-0.4, -0.2) is 10.8 Å². The molecule has 3 nitrogen and oxygen atoms in total. The van der Waals surface area contributed by atoms with Crippen molar-refractivity contribution in [1.82, 2.24) is 4.98 Å². The number of halogens is 2. The summed E-state index contributed by atoms with van der Waals surface area (Å²) in [5, 5.41) is 0. The second-order valence-corrected chi connectivity index (χ2v) is 3.40. The van der Waals surface area contributed by atoms with Crippen molar-refractivity contribution < 1.29 is 13.6 Å². The quantitative estimate of drug-likeness (QED) is 0.810. The van der Waals surface area contributed by atoms with Crippen LogP contribution in [0.2, 0.25) is 0 Å². The maximum atomic E-state index is 13.0. The van der Waals surface area contributed by atoms with Crippen LogP contribution in [0.25, 0.3) is 0 Å². The van der Waals surface area contributed by atoms with E-state index in [0.717, 1.165) is 12.1 Å². The first-order chi connectivity index (χ1) is 8.09. The Morgan fingerprint density at radius 2 is 1.94 bits per heavy atom. The smallest absolute Gasteiger partial charge is 0.213 e. The molecular formula is C12H8F2N2O. The standard InChI is InChI=1S/C12H8F2N2O/c13-8-4-3-7(6-9(8)14)12(17)11-10(15)2-1-5-16-11/h1-6H,15H2. The van der Waals surface area contributed by atoms with Crippen molar-refractivity contribution in [3.63, 3.8) is 0 Å². The van der Waals surface area contributed by atoms with Gasteiger partial charge in [0.15, 0.2) is 11.6 Å². The molecule has 0 saturated heterocycles. The van der Waals surface area contributed by atoms with E-state index in [0.29, 0.717) is 0 Å². The molecule has 0 bridgehead atoms. The first-order valence-electron chi connectivity index (χ1n) is 4.80. The molecule has 0 saturated carbocycles. The van der Waals surface area contributed by atoms with Crippen molar-refractivity contribution in [2.75, 3.05) is 5.73 Å². The van der Waals surface area contributed by atoms with Gasteiger partial charge >= 0.3 is 0 Å². The topological polar surface area (TPSA) is 56.0 Å². The lowest BCUT2D eigenvalue weighted by atomic mass is 10.1. The largest absolute Gasteiger partial charge is 0.397 e. The fourth-order valence-electron chi connectivity index (χ4n) is 1.38. The van der Waals surface area contributed by atoms with Gasteiger partial charge in [-0.1, -0.05) is 0 Å². The summed E-state index contributed by atoms with van der Waals surface area (Å²) in [6.45, 7) is 0. The van der Waals surface area contributed by atoms with E-state index in [-0.39, 0.29) is 16.9 Å². The lowest BCUT2D eigenvalue weighted by Crippen LogP contribution is -2.08. The molecule has 0 aliphatic heterocycles. The van der Waals surface area contributed by atoms with Gasteiger partial charge in [-0.3, -0.25) is 9.78 Å². The van der Waals surface area contributed by atoms with Crippen LogP contribution in [0.3, 0.4) is 0 Å². The minimum atomic E-state index is -1.08. The Kier molecular flexibility index (Phi) is 2.82. The highest BCUT2D eigenvalue weighted by molar-refractivity contribution is 6.10. The summed E-state index contributed by atoms with van der Waals surface area (Å²) in [5.74, 6) is -2.62. The number of rotatable bonds is 2. The second-order valence-electron chi connectivity index (χ2n) is 3.40. The number of ketones is 1. The highest BCUT2D eigenvalue weighted by Gasteiger charge is 2.15. The van der Waals surface area contributed by atoms with Crippen molar-refractivity contribution in [1.29, 1.82) is 0 Å². The van der Waals surface area contributed by atoms with E-state index in [1.165, 1.54) is 18.3 Å². The summed E-state index contributed by atoms with van der Waals surface area (Å²) in [6.07, 6.45) is 1.41. The normalized spacial score (nSPS) is 10.2. The number of pyridine rings is 1. The molecule has 0 radical (unpaired) electrons. The van der Waals surface area contributed by atoms with E-state index in [4.69, 9.17) is 5.73 Å². The van der Waals surface area contributed by atoms with Crippen LogP contribution in [-0.2, 0) is 0 Å². The summed E-state index contributed by atoms with van der Waals surface area (Å²) in [4.78, 5) is 15.7. The number of carbonyl (C=O) groups excluding carboxylic acids is 1. The van der Waals surface area contributed by atoms with Gasteiger partial charge in [-0.15, -0.1) is 0 Å². The Bertz CT molecular complexity index is 584. The molecule has 1 aromatic carbocycles. The first kappa shape index (κ1) is 11.2. The number of aromatic nitrogens is 1. The first-order valence-corrected chi connectivity index (χ1v) is 4.80. The summed E-state index contributed by atoms with van der Waals surface area (Å²) >= 11 is 0. The molecule has 0 atom stereocenters. The van der Waals surface area contributed by atoms with Crippen LogP contribution in [0.4, 0.5) is 14.5 Å². The monoisotopic (exact) mass is 234 g/mol. The van der Waals surface area contributed by atoms with Gasteiger partial charge in [0.2, 0.25) is 5.78 Å². The van der Waals surface area contributed by atoms with E-state index >= 15 is 0 Å². The number of nitrogens with two attached hydrogens (primary N) is 1. The number of hydrogen-bond acceptors (Lipinski definition) is 3. The Hall–Kier alpha value is -2.30. The average Bonchev–Trinajstić information content (AvgIpc) is 2.32. The Morgan fingerprint density at radius 1 is 1.18 bits per heavy atom. The maximum Gasteiger partial charge on any atom is 0.213 e. The third-order valence-electron chi connectivity index (χ3n) is 2.24. The summed E-state index contributed by atoms with van der Waals surface area (Å²) in [7, 11) is 0. The van der Waals surface area contributed by atoms with Crippen molar-refractivity contribution in [2.45, 2.75) is 0 Å². The van der Waals surface area contributed by atoms with Crippen molar-refractivity contribution in [2.24, 2.45) is 0 Å². The minimum Gasteiger partial charge on any atom is -0.397 e. The van der Waals surface area contributed by atoms with E-state index in [1.54, 1.807) is 6.07 Å². The van der Waals surface area contributed by atoms with Crippen molar-refractivity contribution in [3.05, 3.63) is 59.4 Å². The van der Waals surface area contributed by atoms with Gasteiger partial charge in [0.05, 0.1) is 5.69 Å². The van der Waals surface area contributed by atoms with Gasteiger partial charge in [-0.2, -0.15) is 0 Å². The van der Waals surface area contributed by atoms with E-state index in [2.05, 4.69) is 4.98 Å². The van der Waals surface area contributed by atoms with Crippen LogP contribution in [0, 0.1) is 11.6 Å². The zero-order valence-electron chi connectivity index (χ0n) is 8.65. The Morgan fingerprint density at radius 3 is 2.59 bits per heavy atom. The summed E-state index contributed by atoms with van der Waals surface area (Å²) in [5.41, 5.74) is 5.81. The third-order valence-corrected chi connectivity index (χ3v) is 2.24. The van der Waals surface area contributed by atoms with Crippen LogP contribution in [0.15, 0.2) is 36.5 Å². The third kappa shape index (κ3) is 2.13. The maximum absolute atomic E-state index is 13.0. The van der Waals surface area contributed by atoms with Crippen LogP contribution < -0.4 is 5.73 Å². The molecule has 5 heteroatoms. The average molecular weight is 234 g/mol. The summed E-state index contributed by atoms with van der Waals surface area (Å²) in [6, 6.07) is 6.00. The molecule has 2 N–H and O–H groups in total. The van der Waals surface area contributed by atoms with Gasteiger partial charge in [-0.25, -0.2) is 8.78 Å². The molecule has 0 aliphatic rings. The predicted octanol–water partition coefficient (Wildman–Crippen LogP) is 2.17. The number of nitrogens with zero attached hydrogens (tertiary/aromatic N) is 1. The number of carbonyl (C=O) groups is 1. The van der Waals surface area contributed by atoms with Crippen molar-refractivity contribution >= 4 is 11.5 Å². The fourth-order valence-corrected chi connectivity index (χ4v) is 1.38. The number of anilines is 1. The zero-order valence-corrected chi connectivity index (χ0v) is 8.65. The molecular weight excluding hydrogens is 226 g/mol. The molecule has 17 heavy (non-hydrogen) atoms. The number of nitrogen functional groups attached to an aromatic ring is 1. The molecule has 1 aromatic heterocycles. The van der Waals surface area contributed by atoms with E-state index < -0.39 is 17.4 Å². The van der Waals surface area contributed by atoms with Gasteiger partial charge in [-0.05, 0) is 30.3 Å². The van der Waals surface area contributed by atoms with Gasteiger partial charge in [0, 0.05) is 11.8 Å². The molecule has 0 unspecified atom stereocenters. The molecule has 2 aromatic rings. The Balaban J connectivity index is 2.44. The molecule has 0 aliphatic carbocycles. The molecule has 2 rings (SSSR count). The van der Waals surface area contributed by atoms with Crippen molar-refractivity contribution in [3.8, 4) is 0 Å². The molecule has 0 amide bonds. The lowest BCUT2D eigenvalue weighted by molar-refractivity contribution is 0.103. The molecule has 86 valence electrons. The fraction of sp³-hybridized carbons (Fsp3) is 0. The zero-order chi connectivity index (χ0) is 12.4. The molecule has 0 spiro atoms. The Labute approximate surface area is 95.9 Å². The van der Waals surface area contributed by atoms with Crippen LogP contribution in [0.1, 0.15) is 16.1 Å². The summed E-state index contributed by atoms with van der Waals surface area (Å²) < 4.78 is 25.7. The van der Waals surface area contributed by atoms with Gasteiger partial charge in [0.25, 0.3) is 0 Å². The molecule has 1 heterocycles. The van der Waals surface area contributed by atoms with E-state index in [9.17, 15) is 13.6 Å².